The molecule has 5 heteroatoms. The van der Waals surface area contributed by atoms with E-state index in [9.17, 15) is 4.39 Å². The predicted molar refractivity (Wildman–Crippen MR) is 84.3 cm³/mol. The molecule has 0 aliphatic heterocycles. The smallest absolute Gasteiger partial charge is 0.127 e. The van der Waals surface area contributed by atoms with Crippen LogP contribution >= 0.6 is 11.6 Å². The number of halogens is 2. The molecular weight excluding hydrogens is 291 g/mol. The van der Waals surface area contributed by atoms with E-state index in [0.29, 0.717) is 5.52 Å². The first-order chi connectivity index (χ1) is 9.99. The van der Waals surface area contributed by atoms with Crippen LogP contribution in [0.1, 0.15) is 44.8 Å². The zero-order chi connectivity index (χ0) is 15.4. The molecule has 0 N–H and O–H groups in total. The number of aromatic nitrogens is 2. The third-order valence-electron chi connectivity index (χ3n) is 3.32. The van der Waals surface area contributed by atoms with E-state index in [4.69, 9.17) is 16.3 Å². The summed E-state index contributed by atoms with van der Waals surface area (Å²) in [7, 11) is 0. The number of aryl methyl sites for hydroxylation is 1. The molecule has 1 aromatic carbocycles. The molecule has 1 aromatic heterocycles. The molecule has 0 aliphatic rings. The van der Waals surface area contributed by atoms with Crippen molar-refractivity contribution in [2.24, 2.45) is 0 Å². The summed E-state index contributed by atoms with van der Waals surface area (Å²) < 4.78 is 20.9. The van der Waals surface area contributed by atoms with Gasteiger partial charge in [-0.2, -0.15) is 0 Å². The van der Waals surface area contributed by atoms with Crippen molar-refractivity contribution in [2.45, 2.75) is 51.6 Å². The molecule has 0 bridgehead atoms. The second-order valence-corrected chi connectivity index (χ2v) is 6.15. The summed E-state index contributed by atoms with van der Waals surface area (Å²) in [6, 6.07) is 4.69. The average molecular weight is 313 g/mol. The number of unbranched alkanes of at least 4 members (excludes halogenated alkanes) is 1. The summed E-state index contributed by atoms with van der Waals surface area (Å²) in [4.78, 5) is 4.46. The Hall–Kier alpha value is -1.13. The Balaban J connectivity index is 2.11. The summed E-state index contributed by atoms with van der Waals surface area (Å²) in [5, 5.41) is -0.202. The third-order valence-corrected chi connectivity index (χ3v) is 3.52. The highest BCUT2D eigenvalue weighted by Crippen LogP contribution is 2.25. The summed E-state index contributed by atoms with van der Waals surface area (Å²) in [6.07, 6.45) is 2.22. The Kier molecular flexibility index (Phi) is 5.59. The zero-order valence-electron chi connectivity index (χ0n) is 12.8. The van der Waals surface area contributed by atoms with Gasteiger partial charge in [0.25, 0.3) is 0 Å². The molecular formula is C16H22ClFN2O. The molecule has 0 saturated heterocycles. The van der Waals surface area contributed by atoms with Gasteiger partial charge in [0.05, 0.1) is 22.5 Å². The Bertz CT molecular complexity index is 595. The lowest BCUT2D eigenvalue weighted by atomic mass is 10.2. The van der Waals surface area contributed by atoms with Crippen molar-refractivity contribution < 1.29 is 9.13 Å². The lowest BCUT2D eigenvalue weighted by molar-refractivity contribution is 0.0754. The average Bonchev–Trinajstić information content (AvgIpc) is 2.76. The first-order valence-corrected chi connectivity index (χ1v) is 7.84. The van der Waals surface area contributed by atoms with Crippen molar-refractivity contribution in [3.05, 3.63) is 29.8 Å². The molecule has 2 rings (SSSR count). The van der Waals surface area contributed by atoms with E-state index in [0.717, 1.165) is 37.3 Å². The first kappa shape index (κ1) is 16.2. The number of nitrogens with zero attached hydrogens (tertiary/aromatic N) is 2. The van der Waals surface area contributed by atoms with Gasteiger partial charge in [0.2, 0.25) is 0 Å². The summed E-state index contributed by atoms with van der Waals surface area (Å²) in [5.41, 5.74) is 1.60. The van der Waals surface area contributed by atoms with Crippen molar-refractivity contribution in [3.8, 4) is 0 Å². The monoisotopic (exact) mass is 312 g/mol. The van der Waals surface area contributed by atoms with E-state index in [-0.39, 0.29) is 17.3 Å². The minimum atomic E-state index is -0.272. The summed E-state index contributed by atoms with van der Waals surface area (Å²) in [5.74, 6) is 0.522. The number of benzene rings is 1. The van der Waals surface area contributed by atoms with Crippen molar-refractivity contribution in [1.82, 2.24) is 9.55 Å². The second-order valence-electron chi connectivity index (χ2n) is 5.50. The van der Waals surface area contributed by atoms with Crippen molar-refractivity contribution in [1.29, 1.82) is 0 Å². The highest BCUT2D eigenvalue weighted by atomic mass is 35.5. The maximum absolute atomic E-state index is 13.3. The molecule has 0 fully saturated rings. The molecule has 116 valence electrons. The van der Waals surface area contributed by atoms with Gasteiger partial charge in [0, 0.05) is 19.2 Å². The molecule has 21 heavy (non-hydrogen) atoms. The number of hydrogen-bond acceptors (Lipinski definition) is 2. The van der Waals surface area contributed by atoms with Crippen molar-refractivity contribution in [3.63, 3.8) is 0 Å². The fourth-order valence-electron chi connectivity index (χ4n) is 2.35. The van der Waals surface area contributed by atoms with Crippen LogP contribution in [0.15, 0.2) is 18.2 Å². The van der Waals surface area contributed by atoms with Gasteiger partial charge in [-0.15, -0.1) is 11.6 Å². The topological polar surface area (TPSA) is 27.1 Å². The quantitative estimate of drug-likeness (QED) is 0.548. The van der Waals surface area contributed by atoms with E-state index >= 15 is 0 Å². The van der Waals surface area contributed by atoms with Crippen LogP contribution in [0.3, 0.4) is 0 Å². The largest absolute Gasteiger partial charge is 0.379 e. The van der Waals surface area contributed by atoms with Crippen molar-refractivity contribution in [2.75, 3.05) is 6.61 Å². The van der Waals surface area contributed by atoms with E-state index < -0.39 is 0 Å². The molecule has 2 aromatic rings. The van der Waals surface area contributed by atoms with Crippen LogP contribution in [0.5, 0.6) is 0 Å². The molecule has 0 amide bonds. The standard InChI is InChI=1S/C16H22ClFN2O/c1-11(2)21-9-5-4-8-20-15-7-6-13(18)10-14(15)19-16(20)12(3)17/h6-7,10-12H,4-5,8-9H2,1-3H3. The highest BCUT2D eigenvalue weighted by molar-refractivity contribution is 6.20. The van der Waals surface area contributed by atoms with E-state index in [2.05, 4.69) is 9.55 Å². The van der Waals surface area contributed by atoms with Crippen molar-refractivity contribution >= 4 is 22.6 Å². The van der Waals surface area contributed by atoms with Crippen LogP contribution in [-0.4, -0.2) is 22.3 Å². The third kappa shape index (κ3) is 4.17. The summed E-state index contributed by atoms with van der Waals surface area (Å²) in [6.45, 7) is 7.52. The minimum Gasteiger partial charge on any atom is -0.379 e. The second kappa shape index (κ2) is 7.23. The molecule has 0 radical (unpaired) electrons. The van der Waals surface area contributed by atoms with Crippen LogP contribution < -0.4 is 0 Å². The van der Waals surface area contributed by atoms with Gasteiger partial charge in [-0.05, 0) is 45.7 Å². The van der Waals surface area contributed by atoms with Gasteiger partial charge in [0.15, 0.2) is 0 Å². The van der Waals surface area contributed by atoms with Gasteiger partial charge in [-0.25, -0.2) is 9.37 Å². The highest BCUT2D eigenvalue weighted by Gasteiger charge is 2.15. The fraction of sp³-hybridized carbons (Fsp3) is 0.562. The number of fused-ring (bicyclic) bond motifs is 1. The Labute approximate surface area is 130 Å². The zero-order valence-corrected chi connectivity index (χ0v) is 13.5. The number of rotatable bonds is 7. The van der Waals surface area contributed by atoms with Gasteiger partial charge in [-0.3, -0.25) is 0 Å². The maximum atomic E-state index is 13.3. The Morgan fingerprint density at radius 1 is 1.29 bits per heavy atom. The Morgan fingerprint density at radius 3 is 2.71 bits per heavy atom. The molecule has 3 nitrogen and oxygen atoms in total. The van der Waals surface area contributed by atoms with Gasteiger partial charge in [-0.1, -0.05) is 0 Å². The lowest BCUT2D eigenvalue weighted by Crippen LogP contribution is -2.07. The normalized spacial score (nSPS) is 13.2. The van der Waals surface area contributed by atoms with E-state index in [1.165, 1.54) is 12.1 Å². The number of imidazole rings is 1. The Morgan fingerprint density at radius 2 is 2.05 bits per heavy atom. The maximum Gasteiger partial charge on any atom is 0.127 e. The molecule has 1 unspecified atom stereocenters. The van der Waals surface area contributed by atoms with E-state index in [1.54, 1.807) is 6.07 Å². The van der Waals surface area contributed by atoms with Crippen LogP contribution in [0.2, 0.25) is 0 Å². The number of alkyl halides is 1. The molecule has 1 atom stereocenters. The van der Waals surface area contributed by atoms with Gasteiger partial charge in [0.1, 0.15) is 11.6 Å². The van der Waals surface area contributed by atoms with Crippen LogP contribution in [-0.2, 0) is 11.3 Å². The minimum absolute atomic E-state index is 0.202. The molecule has 1 heterocycles. The molecule has 0 saturated carbocycles. The van der Waals surface area contributed by atoms with Gasteiger partial charge >= 0.3 is 0 Å². The predicted octanol–water partition coefficient (Wildman–Crippen LogP) is 4.68. The molecule has 0 aliphatic carbocycles. The SMILES string of the molecule is CC(C)OCCCCn1c(C(C)Cl)nc2cc(F)ccc21. The van der Waals surface area contributed by atoms with Crippen LogP contribution in [0.25, 0.3) is 11.0 Å². The number of ether oxygens (including phenoxy) is 1. The van der Waals surface area contributed by atoms with E-state index in [1.807, 2.05) is 20.8 Å². The lowest BCUT2D eigenvalue weighted by Gasteiger charge is -2.11. The van der Waals surface area contributed by atoms with Crippen LogP contribution in [0, 0.1) is 5.82 Å². The summed E-state index contributed by atoms with van der Waals surface area (Å²) >= 11 is 6.20. The first-order valence-electron chi connectivity index (χ1n) is 7.40. The van der Waals surface area contributed by atoms with Gasteiger partial charge < -0.3 is 9.30 Å². The molecule has 0 spiro atoms. The number of hydrogen-bond donors (Lipinski definition) is 0. The fourth-order valence-corrected chi connectivity index (χ4v) is 2.52. The van der Waals surface area contributed by atoms with Crippen LogP contribution in [0.4, 0.5) is 4.39 Å².